The molecule has 1 aromatic heterocycles. The zero-order valence-electron chi connectivity index (χ0n) is 11.2. The van der Waals surface area contributed by atoms with Gasteiger partial charge in [0.2, 0.25) is 5.91 Å². The van der Waals surface area contributed by atoms with Crippen LogP contribution in [0.3, 0.4) is 0 Å². The number of halogens is 2. The fourth-order valence-electron chi connectivity index (χ4n) is 2.31. The minimum atomic E-state index is 0. The Morgan fingerprint density at radius 1 is 1.65 bits per heavy atom. The topological polar surface area (TPSA) is 71.2 Å². The van der Waals surface area contributed by atoms with E-state index in [2.05, 4.69) is 15.2 Å². The number of likely N-dealkylation sites (tertiary alicyclic amines) is 1. The maximum absolute atomic E-state index is 11.9. The number of piperidine rings is 1. The van der Waals surface area contributed by atoms with E-state index in [0.717, 1.165) is 37.5 Å². The summed E-state index contributed by atoms with van der Waals surface area (Å²) >= 11 is 7.38. The summed E-state index contributed by atoms with van der Waals surface area (Å²) < 4.78 is 0.712. The Balaban J connectivity index is 0.00000200. The fraction of sp³-hybridized carbons (Fsp3) is 0.667. The second kappa shape index (κ2) is 8.79. The summed E-state index contributed by atoms with van der Waals surface area (Å²) in [6.07, 6.45) is 3.67. The summed E-state index contributed by atoms with van der Waals surface area (Å²) in [5.74, 6) is 0.183. The predicted molar refractivity (Wildman–Crippen MR) is 84.4 cm³/mol. The number of aromatic nitrogens is 1. The maximum atomic E-state index is 11.9. The number of hydrogen-bond donors (Lipinski definition) is 2. The number of carbonyl (C=O) groups excluding carboxylic acids is 1. The third-order valence-electron chi connectivity index (χ3n) is 3.20. The van der Waals surface area contributed by atoms with Gasteiger partial charge < -0.3 is 11.1 Å². The first-order valence-corrected chi connectivity index (χ1v) is 7.69. The molecule has 0 aromatic carbocycles. The quantitative estimate of drug-likeness (QED) is 0.853. The summed E-state index contributed by atoms with van der Waals surface area (Å²) in [6.45, 7) is 3.61. The second-order valence-electron chi connectivity index (χ2n) is 4.71. The van der Waals surface area contributed by atoms with E-state index >= 15 is 0 Å². The largest absolute Gasteiger partial charge is 0.355 e. The third kappa shape index (κ3) is 5.18. The van der Waals surface area contributed by atoms with E-state index in [4.69, 9.17) is 17.3 Å². The highest BCUT2D eigenvalue weighted by molar-refractivity contribution is 7.15. The van der Waals surface area contributed by atoms with Crippen molar-refractivity contribution in [2.45, 2.75) is 19.4 Å². The van der Waals surface area contributed by atoms with Crippen LogP contribution in [0.15, 0.2) is 6.20 Å². The number of thiazole rings is 1. The highest BCUT2D eigenvalue weighted by Gasteiger charge is 2.25. The maximum Gasteiger partial charge on any atom is 0.224 e. The van der Waals surface area contributed by atoms with Crippen molar-refractivity contribution in [3.05, 3.63) is 15.5 Å². The molecule has 0 radical (unpaired) electrons. The molecule has 0 bridgehead atoms. The van der Waals surface area contributed by atoms with Gasteiger partial charge in [0.15, 0.2) is 0 Å². The second-order valence-corrected chi connectivity index (χ2v) is 6.46. The lowest BCUT2D eigenvalue weighted by atomic mass is 9.97. The van der Waals surface area contributed by atoms with Gasteiger partial charge in [0.05, 0.1) is 18.7 Å². The summed E-state index contributed by atoms with van der Waals surface area (Å²) in [5.41, 5.74) is 5.39. The van der Waals surface area contributed by atoms with Gasteiger partial charge in [-0.25, -0.2) is 4.98 Å². The van der Waals surface area contributed by atoms with E-state index in [1.165, 1.54) is 11.3 Å². The first-order valence-electron chi connectivity index (χ1n) is 6.49. The van der Waals surface area contributed by atoms with Crippen molar-refractivity contribution in [1.82, 2.24) is 15.2 Å². The van der Waals surface area contributed by atoms with Crippen molar-refractivity contribution in [2.75, 3.05) is 26.2 Å². The number of hydrogen-bond acceptors (Lipinski definition) is 5. The smallest absolute Gasteiger partial charge is 0.224 e. The van der Waals surface area contributed by atoms with Crippen molar-refractivity contribution in [1.29, 1.82) is 0 Å². The monoisotopic (exact) mass is 338 g/mol. The lowest BCUT2D eigenvalue weighted by Gasteiger charge is -2.31. The van der Waals surface area contributed by atoms with Crippen LogP contribution >= 0.6 is 35.3 Å². The lowest BCUT2D eigenvalue weighted by Crippen LogP contribution is -2.43. The first kappa shape index (κ1) is 17.7. The molecule has 20 heavy (non-hydrogen) atoms. The van der Waals surface area contributed by atoms with E-state index in [0.29, 0.717) is 17.4 Å². The average Bonchev–Trinajstić information content (AvgIpc) is 2.81. The highest BCUT2D eigenvalue weighted by atomic mass is 35.5. The Bertz CT molecular complexity index is 429. The lowest BCUT2D eigenvalue weighted by molar-refractivity contribution is -0.126. The minimum absolute atomic E-state index is 0. The van der Waals surface area contributed by atoms with Gasteiger partial charge in [0.25, 0.3) is 0 Å². The van der Waals surface area contributed by atoms with Crippen LogP contribution in [-0.2, 0) is 11.3 Å². The van der Waals surface area contributed by atoms with E-state index in [9.17, 15) is 4.79 Å². The third-order valence-corrected chi connectivity index (χ3v) is 4.30. The molecule has 1 fully saturated rings. The molecule has 0 spiro atoms. The molecule has 5 nitrogen and oxygen atoms in total. The minimum Gasteiger partial charge on any atom is -0.355 e. The number of carbonyl (C=O) groups is 1. The van der Waals surface area contributed by atoms with Crippen molar-refractivity contribution >= 4 is 41.3 Å². The fourth-order valence-corrected chi connectivity index (χ4v) is 3.30. The van der Waals surface area contributed by atoms with Gasteiger partial charge in [0, 0.05) is 19.6 Å². The Hall–Kier alpha value is -0.400. The van der Waals surface area contributed by atoms with Gasteiger partial charge in [-0.15, -0.1) is 23.7 Å². The van der Waals surface area contributed by atoms with Crippen molar-refractivity contribution in [2.24, 2.45) is 11.7 Å². The van der Waals surface area contributed by atoms with E-state index in [-0.39, 0.29) is 24.2 Å². The van der Waals surface area contributed by atoms with Crippen LogP contribution in [-0.4, -0.2) is 42.0 Å². The molecule has 1 unspecified atom stereocenters. The molecule has 2 heterocycles. The zero-order chi connectivity index (χ0) is 13.7. The predicted octanol–water partition coefficient (Wildman–Crippen LogP) is 1.51. The van der Waals surface area contributed by atoms with Crippen LogP contribution < -0.4 is 11.1 Å². The van der Waals surface area contributed by atoms with Gasteiger partial charge in [-0.3, -0.25) is 9.69 Å². The molecule has 114 valence electrons. The van der Waals surface area contributed by atoms with Gasteiger partial charge in [-0.05, 0) is 19.4 Å². The first-order chi connectivity index (χ1) is 9.19. The van der Waals surface area contributed by atoms with Gasteiger partial charge in [0.1, 0.15) is 9.34 Å². The summed E-state index contributed by atoms with van der Waals surface area (Å²) in [6, 6.07) is 0. The number of amides is 1. The highest BCUT2D eigenvalue weighted by Crippen LogP contribution is 2.23. The van der Waals surface area contributed by atoms with Crippen molar-refractivity contribution in [3.63, 3.8) is 0 Å². The molecular weight excluding hydrogens is 319 g/mol. The Morgan fingerprint density at radius 2 is 2.45 bits per heavy atom. The number of nitrogens with one attached hydrogen (secondary N) is 1. The normalized spacial score (nSPS) is 19.4. The molecule has 8 heteroatoms. The van der Waals surface area contributed by atoms with E-state index in [1.54, 1.807) is 6.20 Å². The standard InChI is InChI=1S/C12H19ClN4OS.ClH/c13-10-6-16-11(19-10)8-17-5-1-2-9(7-17)12(18)15-4-3-14;/h6,9H,1-5,7-8,14H2,(H,15,18);1H. The van der Waals surface area contributed by atoms with Gasteiger partial charge in [-0.1, -0.05) is 11.6 Å². The van der Waals surface area contributed by atoms with Gasteiger partial charge >= 0.3 is 0 Å². The van der Waals surface area contributed by atoms with Crippen LogP contribution in [0.5, 0.6) is 0 Å². The molecule has 2 rings (SSSR count). The number of rotatable bonds is 5. The van der Waals surface area contributed by atoms with Crippen LogP contribution in [0.4, 0.5) is 0 Å². The molecule has 1 atom stereocenters. The van der Waals surface area contributed by atoms with Crippen molar-refractivity contribution < 1.29 is 4.79 Å². The Morgan fingerprint density at radius 3 is 3.10 bits per heavy atom. The summed E-state index contributed by atoms with van der Waals surface area (Å²) in [7, 11) is 0. The summed E-state index contributed by atoms with van der Waals surface area (Å²) in [4.78, 5) is 18.5. The number of nitrogens with zero attached hydrogens (tertiary/aromatic N) is 2. The Labute approximate surface area is 134 Å². The van der Waals surface area contributed by atoms with Crippen LogP contribution in [0.2, 0.25) is 4.34 Å². The Kier molecular flexibility index (Phi) is 7.76. The molecule has 1 aliphatic rings. The van der Waals surface area contributed by atoms with E-state index in [1.807, 2.05) is 0 Å². The molecule has 0 aliphatic carbocycles. The molecular formula is C12H20Cl2N4OS. The molecule has 1 saturated heterocycles. The molecule has 0 saturated carbocycles. The molecule has 1 aliphatic heterocycles. The van der Waals surface area contributed by atoms with Gasteiger partial charge in [-0.2, -0.15) is 0 Å². The molecule has 1 amide bonds. The van der Waals surface area contributed by atoms with Crippen LogP contribution in [0, 0.1) is 5.92 Å². The zero-order valence-corrected chi connectivity index (χ0v) is 13.6. The van der Waals surface area contributed by atoms with E-state index < -0.39 is 0 Å². The molecule has 1 aromatic rings. The van der Waals surface area contributed by atoms with Crippen molar-refractivity contribution in [3.8, 4) is 0 Å². The number of nitrogens with two attached hydrogens (primary N) is 1. The average molecular weight is 339 g/mol. The van der Waals surface area contributed by atoms with Crippen LogP contribution in [0.25, 0.3) is 0 Å². The van der Waals surface area contributed by atoms with Crippen LogP contribution in [0.1, 0.15) is 17.8 Å². The summed E-state index contributed by atoms with van der Waals surface area (Å²) in [5, 5.41) is 3.87. The molecule has 3 N–H and O–H groups in total. The SMILES string of the molecule is Cl.NCCNC(=O)C1CCCN(Cc2ncc(Cl)s2)C1.